The number of alkyl halides is 3. The summed E-state index contributed by atoms with van der Waals surface area (Å²) in [5.41, 5.74) is 6.30. The number of benzene rings is 1. The third-order valence-corrected chi connectivity index (χ3v) is 8.18. The summed E-state index contributed by atoms with van der Waals surface area (Å²) in [6.45, 7) is 7.45. The molecule has 11 heteroatoms. The second-order valence-corrected chi connectivity index (χ2v) is 16.1. The number of nitrogens with two attached hydrogens (primary N) is 1. The monoisotopic (exact) mass is 516 g/mol. The predicted octanol–water partition coefficient (Wildman–Crippen LogP) is 5.59. The van der Waals surface area contributed by atoms with Gasteiger partial charge in [-0.2, -0.15) is 18.4 Å². The number of hydrogen-bond donors (Lipinski definition) is 2. The predicted molar refractivity (Wildman–Crippen MR) is 136 cm³/mol. The van der Waals surface area contributed by atoms with Gasteiger partial charge in [0.2, 0.25) is 5.95 Å². The summed E-state index contributed by atoms with van der Waals surface area (Å²) in [6, 6.07) is 7.78. The zero-order chi connectivity index (χ0) is 26.1. The molecule has 1 aromatic carbocycles. The van der Waals surface area contributed by atoms with E-state index >= 15 is 0 Å². The summed E-state index contributed by atoms with van der Waals surface area (Å²) in [4.78, 5) is 8.29. The van der Waals surface area contributed by atoms with Crippen LogP contribution in [0.4, 0.5) is 19.1 Å². The first kappa shape index (κ1) is 26.1. The Kier molecular flexibility index (Phi) is 7.40. The Morgan fingerprint density at radius 3 is 2.69 bits per heavy atom. The smallest absolute Gasteiger partial charge is 0.361 e. The van der Waals surface area contributed by atoms with Crippen LogP contribution in [0.15, 0.2) is 30.6 Å². The number of hydrogen-bond acceptors (Lipinski definition) is 6. The van der Waals surface area contributed by atoms with E-state index in [9.17, 15) is 18.4 Å². The fraction of sp³-hybridized carbons (Fsp3) is 0.480. The van der Waals surface area contributed by atoms with E-state index in [1.807, 2.05) is 0 Å². The van der Waals surface area contributed by atoms with Crippen LogP contribution in [0.5, 0.6) is 0 Å². The molecule has 3 N–H and O–H groups in total. The Morgan fingerprint density at radius 1 is 1.28 bits per heavy atom. The molecular formula is C25H31F3N6OSi. The van der Waals surface area contributed by atoms with Crippen molar-refractivity contribution >= 4 is 24.9 Å². The van der Waals surface area contributed by atoms with Gasteiger partial charge >= 0.3 is 6.18 Å². The van der Waals surface area contributed by atoms with Gasteiger partial charge in [-0.05, 0) is 37.4 Å². The summed E-state index contributed by atoms with van der Waals surface area (Å²) in [6.07, 6.45) is 0.389. The van der Waals surface area contributed by atoms with Gasteiger partial charge in [0.1, 0.15) is 12.3 Å². The van der Waals surface area contributed by atoms with Gasteiger partial charge in [0.05, 0.1) is 22.8 Å². The van der Waals surface area contributed by atoms with Gasteiger partial charge in [-0.3, -0.25) is 0 Å². The molecule has 1 aliphatic carbocycles. The molecule has 1 aliphatic rings. The molecule has 0 aliphatic heterocycles. The van der Waals surface area contributed by atoms with Gasteiger partial charge in [-0.25, -0.2) is 9.97 Å². The molecule has 0 bridgehead atoms. The number of nitriles is 1. The highest BCUT2D eigenvalue weighted by Gasteiger charge is 2.36. The van der Waals surface area contributed by atoms with E-state index in [1.165, 1.54) is 0 Å². The fourth-order valence-electron chi connectivity index (χ4n) is 4.40. The Labute approximate surface area is 209 Å². The number of nitrogens with one attached hydrogen (secondary N) is 1. The van der Waals surface area contributed by atoms with Gasteiger partial charge in [-0.1, -0.05) is 25.7 Å². The van der Waals surface area contributed by atoms with Crippen molar-refractivity contribution in [2.24, 2.45) is 5.73 Å². The first-order chi connectivity index (χ1) is 17.0. The molecule has 2 atom stereocenters. The molecule has 2 aromatic heterocycles. The van der Waals surface area contributed by atoms with Gasteiger partial charge in [0, 0.05) is 50.1 Å². The van der Waals surface area contributed by atoms with Gasteiger partial charge < -0.3 is 20.4 Å². The van der Waals surface area contributed by atoms with Crippen molar-refractivity contribution in [3.63, 3.8) is 0 Å². The zero-order valence-electron chi connectivity index (χ0n) is 20.7. The maximum atomic E-state index is 14.0. The number of rotatable bonds is 8. The van der Waals surface area contributed by atoms with Crippen LogP contribution in [-0.4, -0.2) is 41.3 Å². The molecule has 0 radical (unpaired) electrons. The first-order valence-electron chi connectivity index (χ1n) is 12.0. The average Bonchev–Trinajstić information content (AvgIpc) is 3.38. The Balaban J connectivity index is 1.77. The van der Waals surface area contributed by atoms with Crippen molar-refractivity contribution in [1.82, 2.24) is 14.5 Å². The molecule has 1 saturated carbocycles. The minimum Gasteiger partial charge on any atom is -0.361 e. The van der Waals surface area contributed by atoms with E-state index < -0.39 is 19.8 Å². The summed E-state index contributed by atoms with van der Waals surface area (Å²) < 4.78 is 49.7. The quantitative estimate of drug-likeness (QED) is 0.299. The number of nitrogens with zero attached hydrogens (tertiary/aromatic N) is 4. The number of fused-ring (bicyclic) bond motifs is 1. The number of ether oxygens (including phenoxy) is 1. The molecule has 2 heterocycles. The molecule has 0 spiro atoms. The Bertz CT molecular complexity index is 1280. The highest BCUT2D eigenvalue weighted by Crippen LogP contribution is 2.40. The van der Waals surface area contributed by atoms with Crippen LogP contribution in [0.2, 0.25) is 25.7 Å². The Morgan fingerprint density at radius 2 is 2.06 bits per heavy atom. The number of anilines is 1. The topological polar surface area (TPSA) is 102 Å². The molecule has 7 nitrogen and oxygen atoms in total. The molecule has 4 rings (SSSR count). The SMILES string of the molecule is C[Si](C)(C)CCOCn1cc(-c2nc(N[C@H]3CCC[C@@H]3N)ncc2C(F)(F)F)c2ccc(C#N)cc21. The van der Waals surface area contributed by atoms with Crippen molar-refractivity contribution in [2.45, 2.75) is 69.9 Å². The molecule has 192 valence electrons. The van der Waals surface area contributed by atoms with Crippen molar-refractivity contribution < 1.29 is 17.9 Å². The van der Waals surface area contributed by atoms with E-state index in [0.29, 0.717) is 28.6 Å². The van der Waals surface area contributed by atoms with Crippen LogP contribution in [0.25, 0.3) is 22.2 Å². The van der Waals surface area contributed by atoms with Crippen LogP contribution >= 0.6 is 0 Å². The lowest BCUT2D eigenvalue weighted by Crippen LogP contribution is -2.35. The van der Waals surface area contributed by atoms with Gasteiger partial charge in [0.25, 0.3) is 0 Å². The Hall–Kier alpha value is -2.94. The first-order valence-corrected chi connectivity index (χ1v) is 15.7. The van der Waals surface area contributed by atoms with Gasteiger partial charge in [0.15, 0.2) is 0 Å². The standard InChI is InChI=1S/C25H31F3N6OSi/c1-36(2,3)10-9-35-15-34-14-18(17-8-7-16(12-29)11-22(17)34)23-19(25(26,27)28)13-31-24(33-23)32-21-6-4-5-20(21)30/h7-8,11,13-14,20-21H,4-6,9-10,15,30H2,1-3H3,(H,31,32,33)/t20-,21-/m0/s1. The lowest BCUT2D eigenvalue weighted by Gasteiger charge is -2.19. The van der Waals surface area contributed by atoms with E-state index in [4.69, 9.17) is 10.5 Å². The van der Waals surface area contributed by atoms with E-state index in [2.05, 4.69) is 41.0 Å². The van der Waals surface area contributed by atoms with E-state index in [-0.39, 0.29) is 30.5 Å². The molecule has 3 aromatic rings. The molecule has 0 unspecified atom stereocenters. The van der Waals surface area contributed by atoms with E-state index in [1.54, 1.807) is 29.0 Å². The van der Waals surface area contributed by atoms with Crippen molar-refractivity contribution in [2.75, 3.05) is 11.9 Å². The molecule has 0 amide bonds. The second-order valence-electron chi connectivity index (χ2n) is 10.5. The van der Waals surface area contributed by atoms with E-state index in [0.717, 1.165) is 31.5 Å². The average molecular weight is 517 g/mol. The fourth-order valence-corrected chi connectivity index (χ4v) is 5.15. The highest BCUT2D eigenvalue weighted by molar-refractivity contribution is 6.76. The van der Waals surface area contributed by atoms with Crippen LogP contribution in [0, 0.1) is 11.3 Å². The van der Waals surface area contributed by atoms with Gasteiger partial charge in [-0.15, -0.1) is 0 Å². The number of aromatic nitrogens is 3. The normalized spacial score (nSPS) is 18.5. The minimum atomic E-state index is -4.65. The van der Waals surface area contributed by atoms with Crippen LogP contribution in [0.1, 0.15) is 30.4 Å². The highest BCUT2D eigenvalue weighted by atomic mass is 28.3. The summed E-state index contributed by atoms with van der Waals surface area (Å²) in [5, 5.41) is 13.1. The summed E-state index contributed by atoms with van der Waals surface area (Å²) >= 11 is 0. The van der Waals surface area contributed by atoms with Crippen molar-refractivity contribution in [1.29, 1.82) is 5.26 Å². The van der Waals surface area contributed by atoms with Crippen molar-refractivity contribution in [3.05, 3.63) is 41.7 Å². The lowest BCUT2D eigenvalue weighted by atomic mass is 10.0. The molecule has 36 heavy (non-hydrogen) atoms. The molecule has 1 fully saturated rings. The summed E-state index contributed by atoms with van der Waals surface area (Å²) in [7, 11) is -1.30. The van der Waals surface area contributed by atoms with Crippen molar-refractivity contribution in [3.8, 4) is 17.3 Å². The van der Waals surface area contributed by atoms with Crippen LogP contribution in [0.3, 0.4) is 0 Å². The zero-order valence-corrected chi connectivity index (χ0v) is 21.7. The second kappa shape index (κ2) is 10.2. The third kappa shape index (κ3) is 5.88. The minimum absolute atomic E-state index is 0.0890. The van der Waals surface area contributed by atoms with Crippen LogP contribution < -0.4 is 11.1 Å². The number of halogens is 3. The summed E-state index contributed by atoms with van der Waals surface area (Å²) in [5.74, 6) is 0.112. The lowest BCUT2D eigenvalue weighted by molar-refractivity contribution is -0.137. The molecule has 0 saturated heterocycles. The maximum Gasteiger partial charge on any atom is 0.419 e. The third-order valence-electron chi connectivity index (χ3n) is 6.47. The molecular weight excluding hydrogens is 485 g/mol. The maximum absolute atomic E-state index is 14.0. The largest absolute Gasteiger partial charge is 0.419 e. The van der Waals surface area contributed by atoms with Crippen LogP contribution in [-0.2, 0) is 17.6 Å².